The molecule has 0 aliphatic rings. The predicted octanol–water partition coefficient (Wildman–Crippen LogP) is 4.66. The van der Waals surface area contributed by atoms with Gasteiger partial charge in [-0.25, -0.2) is 0 Å². The lowest BCUT2D eigenvalue weighted by Crippen LogP contribution is -2.04. The van der Waals surface area contributed by atoms with Gasteiger partial charge in [-0.05, 0) is 23.6 Å². The van der Waals surface area contributed by atoms with Gasteiger partial charge in [-0.1, -0.05) is 45.2 Å². The van der Waals surface area contributed by atoms with Crippen LogP contribution in [-0.4, -0.2) is 12.6 Å². The van der Waals surface area contributed by atoms with E-state index in [1.165, 1.54) is 19.3 Å². The molecule has 0 atom stereocenters. The van der Waals surface area contributed by atoms with E-state index in [2.05, 4.69) is 6.92 Å². The van der Waals surface area contributed by atoms with Gasteiger partial charge >= 0.3 is 5.97 Å². The Morgan fingerprint density at radius 3 is 2.24 bits per heavy atom. The summed E-state index contributed by atoms with van der Waals surface area (Å²) in [6, 6.07) is 4.04. The highest BCUT2D eigenvalue weighted by Gasteiger charge is 1.98. The van der Waals surface area contributed by atoms with Gasteiger partial charge in [0.2, 0.25) is 0 Å². The molecule has 0 radical (unpaired) electrons. The zero-order valence-corrected chi connectivity index (χ0v) is 11.8. The van der Waals surface area contributed by atoms with Crippen LogP contribution in [0.3, 0.4) is 0 Å². The monoisotopic (exact) mass is 256 g/mol. The first-order chi connectivity index (χ1) is 8.31. The summed E-state index contributed by atoms with van der Waals surface area (Å²) in [5, 5.41) is 4.08. The van der Waals surface area contributed by atoms with Gasteiger partial charge < -0.3 is 4.74 Å². The molecule has 1 aromatic rings. The van der Waals surface area contributed by atoms with E-state index in [9.17, 15) is 4.79 Å². The summed E-state index contributed by atoms with van der Waals surface area (Å²) in [5.74, 6) is -0.0472. The minimum atomic E-state index is -0.0472. The van der Waals surface area contributed by atoms with Gasteiger partial charge in [-0.2, -0.15) is 11.3 Å². The molecule has 0 unspecified atom stereocenters. The van der Waals surface area contributed by atoms with Crippen LogP contribution in [0.25, 0.3) is 0 Å². The van der Waals surface area contributed by atoms with Gasteiger partial charge in [-0.3, -0.25) is 4.79 Å². The molecule has 0 saturated carbocycles. The topological polar surface area (TPSA) is 26.3 Å². The minimum Gasteiger partial charge on any atom is -0.466 e. The molecule has 0 fully saturated rings. The largest absolute Gasteiger partial charge is 0.466 e. The van der Waals surface area contributed by atoms with Crippen molar-refractivity contribution < 1.29 is 9.53 Å². The molecule has 0 aliphatic heterocycles. The van der Waals surface area contributed by atoms with Crippen molar-refractivity contribution in [2.45, 2.75) is 52.4 Å². The lowest BCUT2D eigenvalue weighted by molar-refractivity contribution is -0.143. The molecular weight excluding hydrogens is 232 g/mol. The first kappa shape index (κ1) is 16.2. The molecule has 2 nitrogen and oxygen atoms in total. The first-order valence-corrected chi connectivity index (χ1v) is 7.38. The zero-order chi connectivity index (χ0) is 12.8. The summed E-state index contributed by atoms with van der Waals surface area (Å²) in [6.45, 7) is 4.76. The van der Waals surface area contributed by atoms with Gasteiger partial charge in [0, 0.05) is 6.42 Å². The molecule has 0 aromatic carbocycles. The van der Waals surface area contributed by atoms with Crippen LogP contribution in [0.4, 0.5) is 0 Å². The smallest absolute Gasteiger partial charge is 0.305 e. The molecule has 1 heterocycles. The molecule has 0 bridgehead atoms. The second-order valence-corrected chi connectivity index (χ2v) is 4.64. The Labute approximate surface area is 109 Å². The summed E-state index contributed by atoms with van der Waals surface area (Å²) in [4.78, 5) is 10.9. The molecule has 0 aliphatic carbocycles. The number of unbranched alkanes of at least 4 members (excludes halogenated alkanes) is 3. The molecule has 0 N–H and O–H groups in total. The fraction of sp³-hybridized carbons (Fsp3) is 0.643. The number of thiophene rings is 1. The summed E-state index contributed by atoms with van der Waals surface area (Å²) >= 11 is 1.71. The van der Waals surface area contributed by atoms with E-state index in [-0.39, 0.29) is 5.97 Å². The molecule has 1 rings (SSSR count). The van der Waals surface area contributed by atoms with Crippen molar-refractivity contribution in [2.75, 3.05) is 6.61 Å². The van der Waals surface area contributed by atoms with E-state index in [0.29, 0.717) is 13.0 Å². The Bertz CT molecular complexity index is 228. The van der Waals surface area contributed by atoms with E-state index in [1.54, 1.807) is 11.3 Å². The number of esters is 1. The highest BCUT2D eigenvalue weighted by molar-refractivity contribution is 7.07. The highest BCUT2D eigenvalue weighted by Crippen LogP contribution is 2.00. The molecule has 0 saturated heterocycles. The Morgan fingerprint density at radius 1 is 1.06 bits per heavy atom. The van der Waals surface area contributed by atoms with Crippen LogP contribution in [0.5, 0.6) is 0 Å². The second-order valence-electron chi connectivity index (χ2n) is 3.82. The van der Waals surface area contributed by atoms with Gasteiger partial charge in [-0.15, -0.1) is 0 Å². The normalized spacial score (nSPS) is 9.29. The minimum absolute atomic E-state index is 0.0472. The van der Waals surface area contributed by atoms with Crippen molar-refractivity contribution in [1.29, 1.82) is 0 Å². The van der Waals surface area contributed by atoms with Gasteiger partial charge in [0.15, 0.2) is 0 Å². The number of hydrogen-bond acceptors (Lipinski definition) is 3. The molecular formula is C14H24O2S. The van der Waals surface area contributed by atoms with Crippen molar-refractivity contribution in [3.63, 3.8) is 0 Å². The fourth-order valence-electron chi connectivity index (χ4n) is 1.22. The van der Waals surface area contributed by atoms with E-state index < -0.39 is 0 Å². The number of hydrogen-bond donors (Lipinski definition) is 0. The van der Waals surface area contributed by atoms with Crippen molar-refractivity contribution in [3.05, 3.63) is 22.9 Å². The summed E-state index contributed by atoms with van der Waals surface area (Å²) < 4.78 is 4.99. The Morgan fingerprint density at radius 2 is 1.76 bits per heavy atom. The maximum atomic E-state index is 10.9. The highest BCUT2D eigenvalue weighted by atomic mass is 32.1. The third-order valence-electron chi connectivity index (χ3n) is 2.14. The van der Waals surface area contributed by atoms with Gasteiger partial charge in [0.25, 0.3) is 0 Å². The van der Waals surface area contributed by atoms with E-state index >= 15 is 0 Å². The summed E-state index contributed by atoms with van der Waals surface area (Å²) in [6.07, 6.45) is 6.11. The van der Waals surface area contributed by atoms with Crippen LogP contribution in [-0.2, 0) is 9.53 Å². The maximum absolute atomic E-state index is 10.9. The lowest BCUT2D eigenvalue weighted by Gasteiger charge is -2.02. The van der Waals surface area contributed by atoms with E-state index in [4.69, 9.17) is 4.74 Å². The number of rotatable bonds is 7. The molecule has 3 heteroatoms. The van der Waals surface area contributed by atoms with Crippen LogP contribution < -0.4 is 0 Å². The van der Waals surface area contributed by atoms with E-state index in [0.717, 1.165) is 12.8 Å². The van der Waals surface area contributed by atoms with Gasteiger partial charge in [0.05, 0.1) is 6.61 Å². The van der Waals surface area contributed by atoms with Crippen LogP contribution in [0.1, 0.15) is 52.4 Å². The average molecular weight is 256 g/mol. The number of carbonyl (C=O) groups is 1. The molecule has 1 aromatic heterocycles. The second kappa shape index (κ2) is 13.2. The van der Waals surface area contributed by atoms with Crippen LogP contribution in [0.15, 0.2) is 22.9 Å². The molecule has 17 heavy (non-hydrogen) atoms. The van der Waals surface area contributed by atoms with Crippen molar-refractivity contribution in [2.24, 2.45) is 0 Å². The maximum Gasteiger partial charge on any atom is 0.305 e. The average Bonchev–Trinajstić information content (AvgIpc) is 2.88. The standard InChI is InChI=1S/C10H20O2.C4H4S/c1-3-5-6-7-9-12-10(11)8-4-2;1-2-4-5-3-1/h3-9H2,1-2H3;1-4H. The Balaban J connectivity index is 0.000000419. The van der Waals surface area contributed by atoms with Crippen LogP contribution in [0.2, 0.25) is 0 Å². The molecule has 0 spiro atoms. The van der Waals surface area contributed by atoms with Crippen molar-refractivity contribution in [3.8, 4) is 0 Å². The van der Waals surface area contributed by atoms with E-state index in [1.807, 2.05) is 29.8 Å². The summed E-state index contributed by atoms with van der Waals surface area (Å²) in [5.41, 5.74) is 0. The fourth-order valence-corrected chi connectivity index (χ4v) is 1.67. The number of carbonyl (C=O) groups excluding carboxylic acids is 1. The summed E-state index contributed by atoms with van der Waals surface area (Å²) in [7, 11) is 0. The predicted molar refractivity (Wildman–Crippen MR) is 74.3 cm³/mol. The van der Waals surface area contributed by atoms with Crippen LogP contribution >= 0.6 is 11.3 Å². The SMILES string of the molecule is CCCCCCOC(=O)CCC.c1ccsc1. The van der Waals surface area contributed by atoms with Crippen molar-refractivity contribution in [1.82, 2.24) is 0 Å². The quantitative estimate of drug-likeness (QED) is 0.524. The number of ether oxygens (including phenoxy) is 1. The third-order valence-corrected chi connectivity index (χ3v) is 2.77. The van der Waals surface area contributed by atoms with Crippen molar-refractivity contribution >= 4 is 17.3 Å². The zero-order valence-electron chi connectivity index (χ0n) is 11.0. The molecule has 98 valence electrons. The Kier molecular flexibility index (Phi) is 12.6. The van der Waals surface area contributed by atoms with Gasteiger partial charge in [0.1, 0.15) is 0 Å². The third kappa shape index (κ3) is 13.1. The lowest BCUT2D eigenvalue weighted by atomic mass is 10.2. The Hall–Kier alpha value is -0.830. The van der Waals surface area contributed by atoms with Crippen LogP contribution in [0, 0.1) is 0 Å². The first-order valence-electron chi connectivity index (χ1n) is 6.44. The molecule has 0 amide bonds.